The molecule has 2 heterocycles. The maximum atomic E-state index is 13.2. The van der Waals surface area contributed by atoms with Crippen molar-refractivity contribution in [2.45, 2.75) is 32.6 Å². The number of rotatable bonds is 1. The van der Waals surface area contributed by atoms with Gasteiger partial charge in [0, 0.05) is 42.7 Å². The molecule has 0 unspecified atom stereocenters. The predicted molar refractivity (Wildman–Crippen MR) is 109 cm³/mol. The van der Waals surface area contributed by atoms with Gasteiger partial charge in [0.05, 0.1) is 5.56 Å². The van der Waals surface area contributed by atoms with Gasteiger partial charge in [-0.25, -0.2) is 4.79 Å². The lowest BCUT2D eigenvalue weighted by atomic mass is 9.69. The molecular weight excluding hydrogens is 378 g/mol. The van der Waals surface area contributed by atoms with E-state index < -0.39 is 17.2 Å². The monoisotopic (exact) mass is 399 g/mol. The number of hydrogen-bond acceptors (Lipinski definition) is 4. The number of Topliss-reactive ketones (excluding diaryl/α,β-unsaturated/α-hetero) is 1. The predicted octanol–water partition coefficient (Wildman–Crippen LogP) is 2.94. The zero-order valence-corrected chi connectivity index (χ0v) is 17.1. The molecule has 0 saturated carbocycles. The first-order valence-corrected chi connectivity index (χ1v) is 9.57. The summed E-state index contributed by atoms with van der Waals surface area (Å²) in [6.07, 6.45) is 1.08. The Kier molecular flexibility index (Phi) is 4.16. The first-order valence-electron chi connectivity index (χ1n) is 9.19. The number of hydrogen-bond donors (Lipinski definition) is 1. The second kappa shape index (κ2) is 6.21. The molecule has 1 aromatic carbocycles. The van der Waals surface area contributed by atoms with Crippen LogP contribution in [0.4, 0.5) is 5.82 Å². The SMILES string of the molecule is Cn1c2c(c(=O)n(C)c1=O)[C@H](c1ccc(Cl)cc1)C1=C(CC(C)(C)CC1=O)N2. The molecular formula is C21H22ClN3O3. The van der Waals surface area contributed by atoms with Crippen molar-refractivity contribution in [2.75, 3.05) is 5.32 Å². The van der Waals surface area contributed by atoms with Crippen LogP contribution >= 0.6 is 11.6 Å². The van der Waals surface area contributed by atoms with Crippen molar-refractivity contribution in [2.24, 2.45) is 19.5 Å². The van der Waals surface area contributed by atoms with Crippen LogP contribution in [0.2, 0.25) is 5.02 Å². The van der Waals surface area contributed by atoms with E-state index in [9.17, 15) is 14.4 Å². The number of allylic oxidation sites excluding steroid dienone is 2. The lowest BCUT2D eigenvalue weighted by Crippen LogP contribution is -2.45. The fourth-order valence-corrected chi connectivity index (χ4v) is 4.46. The van der Waals surface area contributed by atoms with Crippen LogP contribution in [0.15, 0.2) is 45.1 Å². The second-order valence-electron chi connectivity index (χ2n) is 8.41. The van der Waals surface area contributed by atoms with Crippen LogP contribution in [-0.4, -0.2) is 14.9 Å². The number of carbonyl (C=O) groups excluding carboxylic acids is 1. The van der Waals surface area contributed by atoms with Crippen LogP contribution in [0.1, 0.15) is 43.7 Å². The number of nitrogens with zero attached hydrogens (tertiary/aromatic N) is 2. The van der Waals surface area contributed by atoms with Crippen LogP contribution < -0.4 is 16.6 Å². The van der Waals surface area contributed by atoms with Crippen molar-refractivity contribution in [1.82, 2.24) is 9.13 Å². The Morgan fingerprint density at radius 3 is 2.32 bits per heavy atom. The molecule has 7 heteroatoms. The van der Waals surface area contributed by atoms with E-state index in [1.165, 1.54) is 11.6 Å². The Labute approximate surface area is 167 Å². The second-order valence-corrected chi connectivity index (χ2v) is 8.85. The highest BCUT2D eigenvalue weighted by molar-refractivity contribution is 6.30. The maximum Gasteiger partial charge on any atom is 0.332 e. The van der Waals surface area contributed by atoms with E-state index in [-0.39, 0.29) is 11.2 Å². The molecule has 4 rings (SSSR count). The number of aromatic nitrogens is 2. The Balaban J connectivity index is 2.07. The van der Waals surface area contributed by atoms with Crippen molar-refractivity contribution in [3.8, 4) is 0 Å². The molecule has 0 saturated heterocycles. The molecule has 28 heavy (non-hydrogen) atoms. The minimum absolute atomic E-state index is 0.0280. The van der Waals surface area contributed by atoms with Gasteiger partial charge in [0.2, 0.25) is 0 Å². The maximum absolute atomic E-state index is 13.2. The highest BCUT2D eigenvalue weighted by atomic mass is 35.5. The van der Waals surface area contributed by atoms with E-state index in [0.29, 0.717) is 34.8 Å². The number of anilines is 1. The summed E-state index contributed by atoms with van der Waals surface area (Å²) in [5, 5.41) is 3.84. The Morgan fingerprint density at radius 1 is 1.04 bits per heavy atom. The largest absolute Gasteiger partial charge is 0.344 e. The minimum Gasteiger partial charge on any atom is -0.344 e. The fourth-order valence-electron chi connectivity index (χ4n) is 4.34. The number of carbonyl (C=O) groups is 1. The van der Waals surface area contributed by atoms with Gasteiger partial charge in [-0.1, -0.05) is 37.6 Å². The van der Waals surface area contributed by atoms with Gasteiger partial charge in [-0.2, -0.15) is 0 Å². The topological polar surface area (TPSA) is 73.1 Å². The zero-order chi connectivity index (χ0) is 20.4. The standard InChI is InChI=1S/C21H22ClN3O3/c1-21(2)9-13-16(14(26)10-21)15(11-5-7-12(22)8-6-11)17-18(23-13)24(3)20(28)25(4)19(17)27/h5-8,15,23H,9-10H2,1-4H3/t15-/m1/s1. The van der Waals surface area contributed by atoms with E-state index >= 15 is 0 Å². The van der Waals surface area contributed by atoms with Crippen molar-refractivity contribution in [3.05, 3.63) is 72.5 Å². The quantitative estimate of drug-likeness (QED) is 0.800. The molecule has 0 fully saturated rings. The van der Waals surface area contributed by atoms with E-state index in [4.69, 9.17) is 11.6 Å². The van der Waals surface area contributed by atoms with Gasteiger partial charge >= 0.3 is 5.69 Å². The Hall–Kier alpha value is -2.60. The Morgan fingerprint density at radius 2 is 1.68 bits per heavy atom. The van der Waals surface area contributed by atoms with Gasteiger partial charge in [-0.15, -0.1) is 0 Å². The highest BCUT2D eigenvalue weighted by Gasteiger charge is 2.42. The number of halogens is 1. The summed E-state index contributed by atoms with van der Waals surface area (Å²) in [7, 11) is 3.09. The number of benzene rings is 1. The molecule has 1 aromatic heterocycles. The van der Waals surface area contributed by atoms with Crippen molar-refractivity contribution < 1.29 is 4.79 Å². The minimum atomic E-state index is -0.530. The van der Waals surface area contributed by atoms with Crippen LogP contribution in [0.5, 0.6) is 0 Å². The molecule has 0 spiro atoms. The van der Waals surface area contributed by atoms with Gasteiger partial charge < -0.3 is 5.32 Å². The van der Waals surface area contributed by atoms with E-state index in [0.717, 1.165) is 15.8 Å². The van der Waals surface area contributed by atoms with Crippen molar-refractivity contribution in [3.63, 3.8) is 0 Å². The molecule has 2 aromatic rings. The molecule has 6 nitrogen and oxygen atoms in total. The third-order valence-corrected chi connectivity index (χ3v) is 5.92. The number of fused-ring (bicyclic) bond motifs is 1. The normalized spacial score (nSPS) is 20.5. The average Bonchev–Trinajstić information content (AvgIpc) is 2.63. The lowest BCUT2D eigenvalue weighted by molar-refractivity contribution is -0.118. The average molecular weight is 400 g/mol. The van der Waals surface area contributed by atoms with Crippen LogP contribution in [0.3, 0.4) is 0 Å². The first-order chi connectivity index (χ1) is 13.1. The van der Waals surface area contributed by atoms with E-state index in [1.54, 1.807) is 19.2 Å². The molecule has 1 aliphatic heterocycles. The molecule has 0 bridgehead atoms. The van der Waals surface area contributed by atoms with E-state index in [1.807, 2.05) is 26.0 Å². The molecule has 0 radical (unpaired) electrons. The van der Waals surface area contributed by atoms with Gasteiger partial charge in [-0.3, -0.25) is 18.7 Å². The van der Waals surface area contributed by atoms with Gasteiger partial charge in [0.15, 0.2) is 5.78 Å². The summed E-state index contributed by atoms with van der Waals surface area (Å²) in [5.74, 6) is -0.0461. The molecule has 1 aliphatic carbocycles. The molecule has 146 valence electrons. The summed E-state index contributed by atoms with van der Waals surface area (Å²) in [6.45, 7) is 4.10. The molecule has 2 aliphatic rings. The highest BCUT2D eigenvalue weighted by Crippen LogP contribution is 2.47. The smallest absolute Gasteiger partial charge is 0.332 e. The molecule has 1 N–H and O–H groups in total. The third kappa shape index (κ3) is 2.75. The first kappa shape index (κ1) is 18.7. The fraction of sp³-hybridized carbons (Fsp3) is 0.381. The summed E-state index contributed by atoms with van der Waals surface area (Å²) >= 11 is 6.05. The Bertz CT molecular complexity index is 1150. The summed E-state index contributed by atoms with van der Waals surface area (Å²) in [6, 6.07) is 7.18. The van der Waals surface area contributed by atoms with Crippen molar-refractivity contribution >= 4 is 23.2 Å². The summed E-state index contributed by atoms with van der Waals surface area (Å²) in [4.78, 5) is 38.7. The van der Waals surface area contributed by atoms with Crippen molar-refractivity contribution in [1.29, 1.82) is 0 Å². The van der Waals surface area contributed by atoms with Gasteiger partial charge in [0.25, 0.3) is 5.56 Å². The van der Waals surface area contributed by atoms with Crippen LogP contribution in [-0.2, 0) is 18.9 Å². The summed E-state index contributed by atoms with van der Waals surface area (Å²) < 4.78 is 2.53. The zero-order valence-electron chi connectivity index (χ0n) is 16.3. The number of nitrogens with one attached hydrogen (secondary N) is 1. The van der Waals surface area contributed by atoms with Gasteiger partial charge in [0.1, 0.15) is 5.82 Å². The van der Waals surface area contributed by atoms with Gasteiger partial charge in [-0.05, 0) is 29.5 Å². The van der Waals surface area contributed by atoms with Crippen LogP contribution in [0.25, 0.3) is 0 Å². The lowest BCUT2D eigenvalue weighted by Gasteiger charge is -2.39. The summed E-state index contributed by atoms with van der Waals surface area (Å²) in [5.41, 5.74) is 1.64. The molecule has 0 amide bonds. The van der Waals surface area contributed by atoms with Crippen LogP contribution in [0, 0.1) is 5.41 Å². The molecule has 1 atom stereocenters. The third-order valence-electron chi connectivity index (χ3n) is 5.67. The van der Waals surface area contributed by atoms with E-state index in [2.05, 4.69) is 5.32 Å². The number of ketones is 1.